The van der Waals surface area contributed by atoms with Crippen LogP contribution in [0.4, 0.5) is 0 Å². The van der Waals surface area contributed by atoms with Crippen LogP contribution in [-0.4, -0.2) is 34.6 Å². The van der Waals surface area contributed by atoms with Crippen LogP contribution in [0.3, 0.4) is 0 Å². The lowest BCUT2D eigenvalue weighted by Gasteiger charge is -2.09. The van der Waals surface area contributed by atoms with Gasteiger partial charge in [-0.1, -0.05) is 29.8 Å². The van der Waals surface area contributed by atoms with Gasteiger partial charge in [0.2, 0.25) is 10.0 Å². The van der Waals surface area contributed by atoms with Crippen molar-refractivity contribution < 1.29 is 22.7 Å². The number of hydrogen-bond donors (Lipinski definition) is 1. The Morgan fingerprint density at radius 2 is 1.68 bits per heavy atom. The molecule has 0 saturated carbocycles. The minimum atomic E-state index is -3.48. The van der Waals surface area contributed by atoms with Crippen LogP contribution in [-0.2, 0) is 20.5 Å². The van der Waals surface area contributed by atoms with Crippen molar-refractivity contribution in [2.45, 2.75) is 12.7 Å². The van der Waals surface area contributed by atoms with Crippen molar-refractivity contribution in [3.05, 3.63) is 65.2 Å². The second-order valence-corrected chi connectivity index (χ2v) is 7.31. The van der Waals surface area contributed by atoms with E-state index in [4.69, 9.17) is 4.74 Å². The number of aryl methyl sites for hydroxylation is 1. The molecule has 2 aromatic rings. The van der Waals surface area contributed by atoms with E-state index in [1.165, 1.54) is 19.2 Å². The van der Waals surface area contributed by atoms with Gasteiger partial charge in [-0.3, -0.25) is 0 Å². The fraction of sp³-hybridized carbons (Fsp3) is 0.278. The molecule has 0 aliphatic rings. The number of sulfonamides is 1. The predicted octanol–water partition coefficient (Wildman–Crippen LogP) is 2.28. The second kappa shape index (κ2) is 8.64. The van der Waals surface area contributed by atoms with Crippen LogP contribution in [0.2, 0.25) is 0 Å². The van der Waals surface area contributed by atoms with Gasteiger partial charge in [0.25, 0.3) is 0 Å². The highest BCUT2D eigenvalue weighted by atomic mass is 32.2. The number of esters is 1. The third-order valence-electron chi connectivity index (χ3n) is 3.45. The zero-order valence-electron chi connectivity index (χ0n) is 14.2. The standard InChI is InChI=1S/C18H21NO5S/c1-14-3-9-17(10-4-14)24-12-11-19-25(21,22)13-15-5-7-16(8-6-15)18(20)23-2/h3-10,19H,11-13H2,1-2H3. The van der Waals surface area contributed by atoms with E-state index in [2.05, 4.69) is 9.46 Å². The molecule has 0 bridgehead atoms. The molecule has 0 aliphatic heterocycles. The molecule has 0 spiro atoms. The van der Waals surface area contributed by atoms with Gasteiger partial charge in [-0.2, -0.15) is 0 Å². The van der Waals surface area contributed by atoms with Gasteiger partial charge >= 0.3 is 5.97 Å². The molecule has 0 fully saturated rings. The van der Waals surface area contributed by atoms with Crippen molar-refractivity contribution in [2.24, 2.45) is 0 Å². The largest absolute Gasteiger partial charge is 0.492 e. The summed E-state index contributed by atoms with van der Waals surface area (Å²) in [6.07, 6.45) is 0. The van der Waals surface area contributed by atoms with Crippen LogP contribution in [0, 0.1) is 6.92 Å². The van der Waals surface area contributed by atoms with E-state index in [0.717, 1.165) is 5.56 Å². The molecular weight excluding hydrogens is 342 g/mol. The van der Waals surface area contributed by atoms with Crippen LogP contribution in [0.25, 0.3) is 0 Å². The third kappa shape index (κ3) is 6.21. The van der Waals surface area contributed by atoms with Gasteiger partial charge in [-0.15, -0.1) is 0 Å². The highest BCUT2D eigenvalue weighted by Gasteiger charge is 2.12. The summed E-state index contributed by atoms with van der Waals surface area (Å²) in [4.78, 5) is 11.4. The molecule has 25 heavy (non-hydrogen) atoms. The Bertz CT molecular complexity index is 798. The molecular formula is C18H21NO5S. The molecule has 1 N–H and O–H groups in total. The summed E-state index contributed by atoms with van der Waals surface area (Å²) in [5, 5.41) is 0. The minimum absolute atomic E-state index is 0.168. The summed E-state index contributed by atoms with van der Waals surface area (Å²) in [6, 6.07) is 13.8. The molecule has 0 aliphatic carbocycles. The lowest BCUT2D eigenvalue weighted by molar-refractivity contribution is 0.0600. The number of methoxy groups -OCH3 is 1. The van der Waals surface area contributed by atoms with Crippen molar-refractivity contribution in [1.29, 1.82) is 0 Å². The zero-order chi connectivity index (χ0) is 18.3. The first kappa shape index (κ1) is 19.0. The van der Waals surface area contributed by atoms with Gasteiger partial charge in [0.1, 0.15) is 12.4 Å². The Labute approximate surface area is 147 Å². The average Bonchev–Trinajstić information content (AvgIpc) is 2.60. The summed E-state index contributed by atoms with van der Waals surface area (Å²) in [6.45, 7) is 2.40. The number of rotatable bonds is 8. The van der Waals surface area contributed by atoms with E-state index in [-0.39, 0.29) is 18.9 Å². The van der Waals surface area contributed by atoms with E-state index >= 15 is 0 Å². The average molecular weight is 363 g/mol. The van der Waals surface area contributed by atoms with Gasteiger partial charge in [0.05, 0.1) is 18.4 Å². The van der Waals surface area contributed by atoms with Crippen LogP contribution >= 0.6 is 0 Å². The zero-order valence-corrected chi connectivity index (χ0v) is 15.0. The van der Waals surface area contributed by atoms with Gasteiger partial charge in [-0.05, 0) is 36.8 Å². The summed E-state index contributed by atoms with van der Waals surface area (Å²) >= 11 is 0. The van der Waals surface area contributed by atoms with Crippen molar-refractivity contribution in [3.8, 4) is 5.75 Å². The van der Waals surface area contributed by atoms with Crippen molar-refractivity contribution in [3.63, 3.8) is 0 Å². The Morgan fingerprint density at radius 3 is 2.28 bits per heavy atom. The van der Waals surface area contributed by atoms with E-state index in [9.17, 15) is 13.2 Å². The Morgan fingerprint density at radius 1 is 1.04 bits per heavy atom. The van der Waals surface area contributed by atoms with Gasteiger partial charge in [0.15, 0.2) is 0 Å². The van der Waals surface area contributed by atoms with Crippen molar-refractivity contribution in [1.82, 2.24) is 4.72 Å². The molecule has 2 aromatic carbocycles. The first-order valence-electron chi connectivity index (χ1n) is 7.74. The van der Waals surface area contributed by atoms with Crippen LogP contribution < -0.4 is 9.46 Å². The monoisotopic (exact) mass is 363 g/mol. The van der Waals surface area contributed by atoms with Gasteiger partial charge < -0.3 is 9.47 Å². The van der Waals surface area contributed by atoms with Crippen molar-refractivity contribution in [2.75, 3.05) is 20.3 Å². The fourth-order valence-corrected chi connectivity index (χ4v) is 3.25. The van der Waals surface area contributed by atoms with Gasteiger partial charge in [-0.25, -0.2) is 17.9 Å². The number of hydrogen-bond acceptors (Lipinski definition) is 5. The molecule has 0 unspecified atom stereocenters. The molecule has 134 valence electrons. The SMILES string of the molecule is COC(=O)c1ccc(CS(=O)(=O)NCCOc2ccc(C)cc2)cc1. The molecule has 6 nitrogen and oxygen atoms in total. The first-order chi connectivity index (χ1) is 11.9. The maximum absolute atomic E-state index is 12.1. The Kier molecular flexibility index (Phi) is 6.55. The minimum Gasteiger partial charge on any atom is -0.492 e. The smallest absolute Gasteiger partial charge is 0.337 e. The summed E-state index contributed by atoms with van der Waals surface area (Å²) in [5.41, 5.74) is 2.09. The van der Waals surface area contributed by atoms with E-state index in [1.807, 2.05) is 31.2 Å². The van der Waals surface area contributed by atoms with E-state index in [0.29, 0.717) is 16.9 Å². The molecule has 0 aromatic heterocycles. The van der Waals surface area contributed by atoms with E-state index in [1.54, 1.807) is 12.1 Å². The predicted molar refractivity (Wildman–Crippen MR) is 95.1 cm³/mol. The normalized spacial score (nSPS) is 11.1. The lowest BCUT2D eigenvalue weighted by Crippen LogP contribution is -2.29. The molecule has 0 atom stereocenters. The van der Waals surface area contributed by atoms with Crippen LogP contribution in [0.1, 0.15) is 21.5 Å². The molecule has 7 heteroatoms. The summed E-state index contributed by atoms with van der Waals surface area (Å²) in [7, 11) is -2.19. The molecule has 0 heterocycles. The van der Waals surface area contributed by atoms with Crippen LogP contribution in [0.5, 0.6) is 5.75 Å². The van der Waals surface area contributed by atoms with Gasteiger partial charge in [0, 0.05) is 6.54 Å². The maximum atomic E-state index is 12.1. The highest BCUT2D eigenvalue weighted by Crippen LogP contribution is 2.11. The highest BCUT2D eigenvalue weighted by molar-refractivity contribution is 7.88. The topological polar surface area (TPSA) is 81.7 Å². The maximum Gasteiger partial charge on any atom is 0.337 e. The summed E-state index contributed by atoms with van der Waals surface area (Å²) in [5.74, 6) is 0.0721. The van der Waals surface area contributed by atoms with Crippen LogP contribution in [0.15, 0.2) is 48.5 Å². The molecule has 0 radical (unpaired) electrons. The number of benzene rings is 2. The molecule has 0 saturated heterocycles. The number of nitrogens with one attached hydrogen (secondary N) is 1. The first-order valence-corrected chi connectivity index (χ1v) is 9.39. The quantitative estimate of drug-likeness (QED) is 0.575. The Hall–Kier alpha value is -2.38. The summed E-state index contributed by atoms with van der Waals surface area (Å²) < 4.78 is 36.7. The fourth-order valence-electron chi connectivity index (χ4n) is 2.13. The second-order valence-electron chi connectivity index (χ2n) is 5.50. The van der Waals surface area contributed by atoms with E-state index < -0.39 is 16.0 Å². The molecule has 0 amide bonds. The number of ether oxygens (including phenoxy) is 2. The third-order valence-corrected chi connectivity index (χ3v) is 4.80. The molecule has 2 rings (SSSR count). The number of carbonyl (C=O) groups is 1. The lowest BCUT2D eigenvalue weighted by atomic mass is 10.1. The number of carbonyl (C=O) groups excluding carboxylic acids is 1. The Balaban J connectivity index is 1.81. The van der Waals surface area contributed by atoms with Crippen molar-refractivity contribution >= 4 is 16.0 Å².